The fourth-order valence-electron chi connectivity index (χ4n) is 2.65. The van der Waals surface area contributed by atoms with E-state index in [1.165, 1.54) is 4.90 Å². The van der Waals surface area contributed by atoms with Gasteiger partial charge in [-0.15, -0.1) is 0 Å². The first-order valence-electron chi connectivity index (χ1n) is 7.39. The van der Waals surface area contributed by atoms with Crippen molar-refractivity contribution in [2.45, 2.75) is 17.3 Å². The van der Waals surface area contributed by atoms with Gasteiger partial charge >= 0.3 is 6.09 Å². The van der Waals surface area contributed by atoms with Crippen LogP contribution in [0.4, 0.5) is 4.79 Å². The summed E-state index contributed by atoms with van der Waals surface area (Å²) in [6.45, 7) is 0.230. The van der Waals surface area contributed by atoms with Gasteiger partial charge in [0, 0.05) is 0 Å². The molecule has 1 heterocycles. The second-order valence-electron chi connectivity index (χ2n) is 5.40. The number of hydrogen-bond donors (Lipinski definition) is 0. The van der Waals surface area contributed by atoms with Crippen molar-refractivity contribution in [3.8, 4) is 0 Å². The molecule has 1 saturated heterocycles. The van der Waals surface area contributed by atoms with Crippen LogP contribution in [0.1, 0.15) is 16.0 Å². The molecule has 0 spiro atoms. The number of halogens is 1. The van der Waals surface area contributed by atoms with Gasteiger partial charge in [-0.25, -0.2) is 9.69 Å². The molecule has 2 amide bonds. The molecule has 5 heteroatoms. The van der Waals surface area contributed by atoms with Crippen LogP contribution in [0.25, 0.3) is 0 Å². The number of imide groups is 1. The molecule has 0 aliphatic carbocycles. The third-order valence-corrected chi connectivity index (χ3v) is 4.74. The lowest BCUT2D eigenvalue weighted by Gasteiger charge is -2.22. The molecule has 1 fully saturated rings. The molecule has 4 nitrogen and oxygen atoms in total. The maximum Gasteiger partial charge on any atom is 0.417 e. The smallest absolute Gasteiger partial charge is 0.417 e. The van der Waals surface area contributed by atoms with E-state index in [2.05, 4.69) is 15.9 Å². The molecular formula is C18H16BrNO3. The van der Waals surface area contributed by atoms with E-state index in [-0.39, 0.29) is 18.6 Å². The van der Waals surface area contributed by atoms with Crippen LogP contribution in [-0.2, 0) is 16.0 Å². The number of carbonyl (C=O) groups is 2. The highest BCUT2D eigenvalue weighted by Crippen LogP contribution is 2.29. The van der Waals surface area contributed by atoms with E-state index < -0.39 is 10.9 Å². The van der Waals surface area contributed by atoms with Crippen molar-refractivity contribution in [3.63, 3.8) is 0 Å². The Balaban J connectivity index is 1.78. The average Bonchev–Trinajstić information content (AvgIpc) is 2.95. The standard InChI is InChI=1S/C18H16BrNO3/c19-16(14-9-5-2-6-10-14)17(21)20-15(12-23-18(20)22)11-13-7-3-1-4-8-13/h1-10,15-16H,11-12H2/t15-,16-/m0/s1. The molecule has 118 valence electrons. The third kappa shape index (κ3) is 3.45. The van der Waals surface area contributed by atoms with E-state index in [9.17, 15) is 9.59 Å². The average molecular weight is 374 g/mol. The van der Waals surface area contributed by atoms with Crippen molar-refractivity contribution in [1.82, 2.24) is 4.90 Å². The summed E-state index contributed by atoms with van der Waals surface area (Å²) in [7, 11) is 0. The number of amides is 2. The first-order chi connectivity index (χ1) is 11.2. The molecule has 0 radical (unpaired) electrons. The van der Waals surface area contributed by atoms with Crippen LogP contribution < -0.4 is 0 Å². The summed E-state index contributed by atoms with van der Waals surface area (Å²) in [4.78, 5) is 25.4. The molecule has 1 aliphatic rings. The molecular weight excluding hydrogens is 358 g/mol. The van der Waals surface area contributed by atoms with E-state index >= 15 is 0 Å². The topological polar surface area (TPSA) is 46.6 Å². The molecule has 3 rings (SSSR count). The Labute approximate surface area is 143 Å². The lowest BCUT2D eigenvalue weighted by molar-refractivity contribution is -0.128. The number of cyclic esters (lactones) is 1. The number of hydrogen-bond acceptors (Lipinski definition) is 3. The summed E-state index contributed by atoms with van der Waals surface area (Å²) < 4.78 is 5.10. The van der Waals surface area contributed by atoms with Crippen molar-refractivity contribution >= 4 is 27.9 Å². The lowest BCUT2D eigenvalue weighted by Crippen LogP contribution is -2.41. The second kappa shape index (κ2) is 6.96. The maximum atomic E-state index is 12.7. The van der Waals surface area contributed by atoms with Gasteiger partial charge in [0.25, 0.3) is 5.91 Å². The van der Waals surface area contributed by atoms with Gasteiger partial charge < -0.3 is 4.74 Å². The first-order valence-corrected chi connectivity index (χ1v) is 8.31. The monoisotopic (exact) mass is 373 g/mol. The van der Waals surface area contributed by atoms with Crippen LogP contribution in [0.3, 0.4) is 0 Å². The molecule has 23 heavy (non-hydrogen) atoms. The summed E-state index contributed by atoms with van der Waals surface area (Å²) in [5.41, 5.74) is 1.88. The first kappa shape index (κ1) is 15.7. The normalized spacial score (nSPS) is 18.6. The van der Waals surface area contributed by atoms with E-state index in [4.69, 9.17) is 4.74 Å². The van der Waals surface area contributed by atoms with Crippen LogP contribution in [0.15, 0.2) is 60.7 Å². The van der Waals surface area contributed by atoms with Crippen LogP contribution in [0.5, 0.6) is 0 Å². The Morgan fingerprint density at radius 1 is 1.13 bits per heavy atom. The Hall–Kier alpha value is -2.14. The summed E-state index contributed by atoms with van der Waals surface area (Å²) >= 11 is 3.40. The van der Waals surface area contributed by atoms with Gasteiger partial charge in [-0.1, -0.05) is 76.6 Å². The van der Waals surface area contributed by atoms with Gasteiger partial charge in [0.1, 0.15) is 11.4 Å². The molecule has 0 N–H and O–H groups in total. The highest BCUT2D eigenvalue weighted by molar-refractivity contribution is 9.09. The Morgan fingerprint density at radius 3 is 2.39 bits per heavy atom. The minimum Gasteiger partial charge on any atom is -0.447 e. The van der Waals surface area contributed by atoms with Gasteiger partial charge in [0.2, 0.25) is 0 Å². The number of nitrogens with zero attached hydrogens (tertiary/aromatic N) is 1. The highest BCUT2D eigenvalue weighted by Gasteiger charge is 2.40. The lowest BCUT2D eigenvalue weighted by atomic mass is 10.0. The van der Waals surface area contributed by atoms with E-state index in [0.29, 0.717) is 6.42 Å². The van der Waals surface area contributed by atoms with E-state index in [1.54, 1.807) is 0 Å². The summed E-state index contributed by atoms with van der Waals surface area (Å²) in [6, 6.07) is 18.8. The summed E-state index contributed by atoms with van der Waals surface area (Å²) in [5.74, 6) is -0.292. The van der Waals surface area contributed by atoms with Crippen LogP contribution in [0.2, 0.25) is 0 Å². The quantitative estimate of drug-likeness (QED) is 0.767. The molecule has 2 atom stereocenters. The molecule has 0 saturated carbocycles. The maximum absolute atomic E-state index is 12.7. The minimum absolute atomic E-state index is 0.230. The summed E-state index contributed by atoms with van der Waals surface area (Å²) in [5, 5.41) is 0. The molecule has 0 bridgehead atoms. The molecule has 0 aromatic heterocycles. The third-order valence-electron chi connectivity index (χ3n) is 3.82. The Kier molecular flexibility index (Phi) is 4.76. The number of benzene rings is 2. The van der Waals surface area contributed by atoms with Gasteiger partial charge in [-0.05, 0) is 17.5 Å². The van der Waals surface area contributed by atoms with Gasteiger partial charge in [0.05, 0.1) is 6.04 Å². The van der Waals surface area contributed by atoms with Crippen molar-refractivity contribution in [2.24, 2.45) is 0 Å². The van der Waals surface area contributed by atoms with Gasteiger partial charge in [-0.2, -0.15) is 0 Å². The Bertz CT molecular complexity index is 690. The minimum atomic E-state index is -0.573. The van der Waals surface area contributed by atoms with Crippen LogP contribution in [0, 0.1) is 0 Å². The number of carbonyl (C=O) groups excluding carboxylic acids is 2. The molecule has 1 aliphatic heterocycles. The van der Waals surface area contributed by atoms with E-state index in [1.807, 2.05) is 60.7 Å². The van der Waals surface area contributed by atoms with E-state index in [0.717, 1.165) is 11.1 Å². The van der Waals surface area contributed by atoms with Crippen molar-refractivity contribution in [2.75, 3.05) is 6.61 Å². The molecule has 0 unspecified atom stereocenters. The zero-order valence-electron chi connectivity index (χ0n) is 12.4. The number of ether oxygens (including phenoxy) is 1. The fraction of sp³-hybridized carbons (Fsp3) is 0.222. The van der Waals surface area contributed by atoms with Gasteiger partial charge in [-0.3, -0.25) is 4.79 Å². The predicted octanol–water partition coefficient (Wildman–Crippen LogP) is 3.71. The number of rotatable bonds is 4. The van der Waals surface area contributed by atoms with Crippen molar-refractivity contribution < 1.29 is 14.3 Å². The SMILES string of the molecule is O=C1OC[C@H](Cc2ccccc2)N1C(=O)[C@@H](Br)c1ccccc1. The fourth-order valence-corrected chi connectivity index (χ4v) is 3.18. The highest BCUT2D eigenvalue weighted by atomic mass is 79.9. The molecule has 2 aromatic rings. The molecule has 2 aromatic carbocycles. The van der Waals surface area contributed by atoms with Crippen molar-refractivity contribution in [3.05, 3.63) is 71.8 Å². The Morgan fingerprint density at radius 2 is 1.74 bits per heavy atom. The van der Waals surface area contributed by atoms with Crippen LogP contribution >= 0.6 is 15.9 Å². The largest absolute Gasteiger partial charge is 0.447 e. The predicted molar refractivity (Wildman–Crippen MR) is 90.2 cm³/mol. The van der Waals surface area contributed by atoms with Crippen molar-refractivity contribution in [1.29, 1.82) is 0 Å². The number of alkyl halides is 1. The summed E-state index contributed by atoms with van der Waals surface area (Å²) in [6.07, 6.45) is 0.0172. The van der Waals surface area contributed by atoms with Gasteiger partial charge in [0.15, 0.2) is 0 Å². The zero-order valence-corrected chi connectivity index (χ0v) is 14.0. The zero-order chi connectivity index (χ0) is 16.2. The van der Waals surface area contributed by atoms with Crippen LogP contribution in [-0.4, -0.2) is 29.5 Å². The second-order valence-corrected chi connectivity index (χ2v) is 6.32.